The van der Waals surface area contributed by atoms with Crippen molar-refractivity contribution in [1.82, 2.24) is 0 Å². The van der Waals surface area contributed by atoms with Crippen LogP contribution >= 0.6 is 23.2 Å². The van der Waals surface area contributed by atoms with Crippen molar-refractivity contribution in [3.63, 3.8) is 0 Å². The Hall–Kier alpha value is -1.98. The summed E-state index contributed by atoms with van der Waals surface area (Å²) in [4.78, 5) is 11.8. The van der Waals surface area contributed by atoms with Crippen LogP contribution in [0.5, 0.6) is 0 Å². The quantitative estimate of drug-likeness (QED) is 0.653. The van der Waals surface area contributed by atoms with Crippen LogP contribution in [0.1, 0.15) is 10.4 Å². The van der Waals surface area contributed by atoms with E-state index in [1.54, 1.807) is 0 Å². The Balaban J connectivity index is 2.50. The molecule has 0 saturated carbocycles. The summed E-state index contributed by atoms with van der Waals surface area (Å²) in [6.45, 7) is 0. The number of nitrogens with one attached hydrogen (secondary N) is 1. The lowest BCUT2D eigenvalue weighted by Gasteiger charge is -2.14. The number of benzene rings is 2. The highest BCUT2D eigenvalue weighted by Gasteiger charge is 2.17. The summed E-state index contributed by atoms with van der Waals surface area (Å²) in [6, 6.07) is 6.77. The number of methoxy groups -OCH3 is 1. The third-order valence-corrected chi connectivity index (χ3v) is 3.17. The molecule has 0 bridgehead atoms. The van der Waals surface area contributed by atoms with Crippen molar-refractivity contribution in [2.24, 2.45) is 0 Å². The first-order chi connectivity index (χ1) is 9.90. The Morgan fingerprint density at radius 2 is 1.95 bits per heavy atom. The minimum Gasteiger partial charge on any atom is -0.465 e. The van der Waals surface area contributed by atoms with Crippen molar-refractivity contribution in [2.75, 3.05) is 18.2 Å². The summed E-state index contributed by atoms with van der Waals surface area (Å²) in [7, 11) is 1.24. The van der Waals surface area contributed by atoms with Gasteiger partial charge in [-0.15, -0.1) is 0 Å². The standard InChI is InChI=1S/C14H11Cl2FN2O2/c1-21-14(20)11-5-9(18)6-12(16)13(11)19-10-3-7(15)2-8(17)4-10/h2-6,19H,18H2,1H3. The Bertz CT molecular complexity index is 687. The van der Waals surface area contributed by atoms with Crippen molar-refractivity contribution >= 4 is 46.2 Å². The number of nitrogen functional groups attached to an aromatic ring is 1. The molecule has 0 fully saturated rings. The summed E-state index contributed by atoms with van der Waals surface area (Å²) in [5.41, 5.74) is 6.72. The fourth-order valence-corrected chi connectivity index (χ4v) is 2.29. The normalized spacial score (nSPS) is 10.3. The van der Waals surface area contributed by atoms with E-state index in [1.165, 1.54) is 37.4 Å². The summed E-state index contributed by atoms with van der Waals surface area (Å²) >= 11 is 11.9. The van der Waals surface area contributed by atoms with Gasteiger partial charge in [0.25, 0.3) is 0 Å². The van der Waals surface area contributed by atoms with E-state index < -0.39 is 11.8 Å². The summed E-state index contributed by atoms with van der Waals surface area (Å²) in [5.74, 6) is -1.13. The predicted octanol–water partition coefficient (Wildman–Crippen LogP) is 4.24. The number of ether oxygens (including phenoxy) is 1. The monoisotopic (exact) mass is 328 g/mol. The Morgan fingerprint density at radius 1 is 1.24 bits per heavy atom. The number of carbonyl (C=O) groups is 1. The van der Waals surface area contributed by atoms with E-state index in [0.29, 0.717) is 11.4 Å². The van der Waals surface area contributed by atoms with Crippen LogP contribution in [0.25, 0.3) is 0 Å². The van der Waals surface area contributed by atoms with Crippen molar-refractivity contribution in [2.45, 2.75) is 0 Å². The summed E-state index contributed by atoms with van der Waals surface area (Å²) in [5, 5.41) is 3.27. The van der Waals surface area contributed by atoms with Crippen molar-refractivity contribution in [3.8, 4) is 0 Å². The zero-order valence-electron chi connectivity index (χ0n) is 10.9. The topological polar surface area (TPSA) is 64.3 Å². The van der Waals surface area contributed by atoms with E-state index in [-0.39, 0.29) is 21.3 Å². The van der Waals surface area contributed by atoms with Gasteiger partial charge in [-0.05, 0) is 30.3 Å². The molecule has 110 valence electrons. The molecular formula is C14H11Cl2FN2O2. The number of hydrogen-bond acceptors (Lipinski definition) is 4. The zero-order valence-corrected chi connectivity index (χ0v) is 12.4. The molecule has 0 amide bonds. The lowest BCUT2D eigenvalue weighted by molar-refractivity contribution is 0.0602. The third kappa shape index (κ3) is 3.56. The second kappa shape index (κ2) is 6.20. The van der Waals surface area contributed by atoms with E-state index in [9.17, 15) is 9.18 Å². The molecule has 2 aromatic rings. The molecule has 0 heterocycles. The molecule has 0 aromatic heterocycles. The maximum atomic E-state index is 13.4. The smallest absolute Gasteiger partial charge is 0.340 e. The van der Waals surface area contributed by atoms with Gasteiger partial charge in [0.2, 0.25) is 0 Å². The summed E-state index contributed by atoms with van der Waals surface area (Å²) in [6.07, 6.45) is 0. The molecule has 0 aliphatic heterocycles. The highest BCUT2D eigenvalue weighted by Crippen LogP contribution is 2.33. The van der Waals surface area contributed by atoms with Gasteiger partial charge in [-0.3, -0.25) is 0 Å². The minimum atomic E-state index is -0.616. The largest absolute Gasteiger partial charge is 0.465 e. The Kier molecular flexibility index (Phi) is 4.55. The molecule has 2 rings (SSSR count). The highest BCUT2D eigenvalue weighted by atomic mass is 35.5. The molecule has 0 spiro atoms. The number of anilines is 3. The molecule has 0 radical (unpaired) electrons. The molecule has 7 heteroatoms. The number of esters is 1. The number of hydrogen-bond donors (Lipinski definition) is 2. The van der Waals surface area contributed by atoms with Gasteiger partial charge in [0.15, 0.2) is 0 Å². The minimum absolute atomic E-state index is 0.142. The van der Waals surface area contributed by atoms with Gasteiger partial charge in [0, 0.05) is 16.4 Å². The highest BCUT2D eigenvalue weighted by molar-refractivity contribution is 6.34. The number of nitrogens with two attached hydrogens (primary N) is 1. The van der Waals surface area contributed by atoms with Crippen molar-refractivity contribution < 1.29 is 13.9 Å². The summed E-state index contributed by atoms with van der Waals surface area (Å²) < 4.78 is 18.0. The van der Waals surface area contributed by atoms with Crippen LogP contribution in [0.3, 0.4) is 0 Å². The lowest BCUT2D eigenvalue weighted by Crippen LogP contribution is -2.07. The van der Waals surface area contributed by atoms with Gasteiger partial charge in [-0.2, -0.15) is 0 Å². The van der Waals surface area contributed by atoms with Crippen LogP contribution in [0.15, 0.2) is 30.3 Å². The first kappa shape index (κ1) is 15.4. The zero-order chi connectivity index (χ0) is 15.6. The van der Waals surface area contributed by atoms with Gasteiger partial charge in [-0.25, -0.2) is 9.18 Å². The molecule has 3 N–H and O–H groups in total. The van der Waals surface area contributed by atoms with Crippen molar-refractivity contribution in [1.29, 1.82) is 0 Å². The van der Waals surface area contributed by atoms with E-state index in [2.05, 4.69) is 10.1 Å². The third-order valence-electron chi connectivity index (χ3n) is 2.65. The van der Waals surface area contributed by atoms with E-state index in [0.717, 1.165) is 0 Å². The number of carbonyl (C=O) groups excluding carboxylic acids is 1. The molecule has 4 nitrogen and oxygen atoms in total. The van der Waals surface area contributed by atoms with Crippen LogP contribution in [-0.4, -0.2) is 13.1 Å². The van der Waals surface area contributed by atoms with Crippen LogP contribution in [0, 0.1) is 5.82 Å². The first-order valence-electron chi connectivity index (χ1n) is 5.81. The van der Waals surface area contributed by atoms with Gasteiger partial charge >= 0.3 is 5.97 Å². The van der Waals surface area contributed by atoms with E-state index in [4.69, 9.17) is 28.9 Å². The molecule has 21 heavy (non-hydrogen) atoms. The fraction of sp³-hybridized carbons (Fsp3) is 0.0714. The van der Waals surface area contributed by atoms with Crippen molar-refractivity contribution in [3.05, 3.63) is 51.8 Å². The van der Waals surface area contributed by atoms with Gasteiger partial charge in [0.1, 0.15) is 5.82 Å². The maximum absolute atomic E-state index is 13.4. The Morgan fingerprint density at radius 3 is 2.57 bits per heavy atom. The van der Waals surface area contributed by atoms with Gasteiger partial charge in [0.05, 0.1) is 23.4 Å². The predicted molar refractivity (Wildman–Crippen MR) is 81.9 cm³/mol. The number of halogens is 3. The second-order valence-electron chi connectivity index (χ2n) is 4.20. The first-order valence-corrected chi connectivity index (χ1v) is 6.56. The molecular weight excluding hydrogens is 318 g/mol. The van der Waals surface area contributed by atoms with E-state index >= 15 is 0 Å². The van der Waals surface area contributed by atoms with Crippen LogP contribution in [-0.2, 0) is 4.74 Å². The molecule has 0 aliphatic carbocycles. The molecule has 2 aromatic carbocycles. The average molecular weight is 329 g/mol. The number of rotatable bonds is 3. The average Bonchev–Trinajstić information content (AvgIpc) is 2.39. The molecule has 0 atom stereocenters. The van der Waals surface area contributed by atoms with Crippen LogP contribution < -0.4 is 11.1 Å². The van der Waals surface area contributed by atoms with Crippen LogP contribution in [0.4, 0.5) is 21.5 Å². The molecule has 0 unspecified atom stereocenters. The Labute approximate surface area is 130 Å². The van der Waals surface area contributed by atoms with E-state index in [1.807, 2.05) is 0 Å². The fourth-order valence-electron chi connectivity index (χ4n) is 1.80. The van der Waals surface area contributed by atoms with Crippen LogP contribution in [0.2, 0.25) is 10.0 Å². The second-order valence-corrected chi connectivity index (χ2v) is 5.04. The molecule has 0 aliphatic rings. The van der Waals surface area contributed by atoms with Gasteiger partial charge < -0.3 is 15.8 Å². The SMILES string of the molecule is COC(=O)c1cc(N)cc(Cl)c1Nc1cc(F)cc(Cl)c1. The van der Waals surface area contributed by atoms with Gasteiger partial charge in [-0.1, -0.05) is 23.2 Å². The lowest BCUT2D eigenvalue weighted by atomic mass is 10.1. The molecule has 0 saturated heterocycles. The maximum Gasteiger partial charge on any atom is 0.340 e.